The summed E-state index contributed by atoms with van der Waals surface area (Å²) in [6.07, 6.45) is 3.51. The van der Waals surface area contributed by atoms with Crippen LogP contribution in [0.15, 0.2) is 12.5 Å². The summed E-state index contributed by atoms with van der Waals surface area (Å²) in [4.78, 5) is 30.8. The highest BCUT2D eigenvalue weighted by Crippen LogP contribution is 2.52. The van der Waals surface area contributed by atoms with Gasteiger partial charge >= 0.3 is 0 Å². The van der Waals surface area contributed by atoms with Crippen LogP contribution in [0.25, 0.3) is 0 Å². The van der Waals surface area contributed by atoms with Crippen LogP contribution in [0.4, 0.5) is 0 Å². The van der Waals surface area contributed by atoms with Crippen LogP contribution >= 0.6 is 0 Å². The van der Waals surface area contributed by atoms with Gasteiger partial charge in [-0.05, 0) is 46.5 Å². The molecule has 1 saturated carbocycles. The summed E-state index contributed by atoms with van der Waals surface area (Å²) in [5, 5.41) is 3.04. The van der Waals surface area contributed by atoms with Gasteiger partial charge in [-0.3, -0.25) is 9.59 Å². The molecule has 2 fully saturated rings. The van der Waals surface area contributed by atoms with Gasteiger partial charge in [0.1, 0.15) is 5.69 Å². The predicted octanol–water partition coefficient (Wildman–Crippen LogP) is 1.70. The smallest absolute Gasteiger partial charge is 0.274 e. The largest absolute Gasteiger partial charge is 0.351 e. The average molecular weight is 318 g/mol. The van der Waals surface area contributed by atoms with Gasteiger partial charge in [0.25, 0.3) is 5.91 Å². The number of likely N-dealkylation sites (tertiary alicyclic amines) is 1. The zero-order valence-corrected chi connectivity index (χ0v) is 14.5. The van der Waals surface area contributed by atoms with Crippen molar-refractivity contribution in [1.82, 2.24) is 19.8 Å². The minimum absolute atomic E-state index is 0.0217. The van der Waals surface area contributed by atoms with E-state index in [1.54, 1.807) is 12.5 Å². The first-order chi connectivity index (χ1) is 10.7. The number of imidazole rings is 1. The minimum atomic E-state index is -0.201. The van der Waals surface area contributed by atoms with Crippen LogP contribution in [0.5, 0.6) is 0 Å². The number of aromatic nitrogens is 2. The zero-order valence-electron chi connectivity index (χ0n) is 14.5. The Morgan fingerprint density at radius 3 is 2.35 bits per heavy atom. The molecule has 1 aliphatic heterocycles. The molecule has 3 atom stereocenters. The highest BCUT2D eigenvalue weighted by Gasteiger charge is 2.60. The fraction of sp³-hybridized carbons (Fsp3) is 0.706. The molecule has 0 bridgehead atoms. The van der Waals surface area contributed by atoms with Crippen LogP contribution in [-0.2, 0) is 4.79 Å². The van der Waals surface area contributed by atoms with E-state index in [2.05, 4.69) is 24.1 Å². The second kappa shape index (κ2) is 5.35. The number of nitrogens with one attached hydrogen (secondary N) is 1. The second-order valence-electron chi connectivity index (χ2n) is 8.10. The minimum Gasteiger partial charge on any atom is -0.351 e. The quantitative estimate of drug-likeness (QED) is 0.922. The molecule has 1 saturated heterocycles. The molecule has 23 heavy (non-hydrogen) atoms. The Labute approximate surface area is 137 Å². The second-order valence-corrected chi connectivity index (χ2v) is 8.10. The normalized spacial score (nSPS) is 26.3. The summed E-state index contributed by atoms with van der Waals surface area (Å²) >= 11 is 0. The molecule has 1 aromatic heterocycles. The first kappa shape index (κ1) is 16.0. The Hall–Kier alpha value is -1.85. The molecule has 1 N–H and O–H groups in total. The van der Waals surface area contributed by atoms with Gasteiger partial charge in [0.2, 0.25) is 5.91 Å². The number of hydrogen-bond donors (Lipinski definition) is 1. The summed E-state index contributed by atoms with van der Waals surface area (Å²) in [5.41, 5.74) is 0.295. The number of rotatable bonds is 3. The monoisotopic (exact) mass is 318 g/mol. The summed E-state index contributed by atoms with van der Waals surface area (Å²) in [7, 11) is 0. The van der Waals surface area contributed by atoms with Crippen LogP contribution in [0, 0.1) is 17.8 Å². The van der Waals surface area contributed by atoms with Gasteiger partial charge in [0.05, 0.1) is 6.33 Å². The Kier molecular flexibility index (Phi) is 3.73. The van der Waals surface area contributed by atoms with Crippen molar-refractivity contribution in [3.63, 3.8) is 0 Å². The van der Waals surface area contributed by atoms with E-state index in [1.165, 1.54) is 0 Å². The number of carbonyl (C=O) groups is 2. The molecule has 2 aliphatic rings. The molecule has 0 radical (unpaired) electrons. The Bertz CT molecular complexity index is 617. The van der Waals surface area contributed by atoms with Crippen molar-refractivity contribution in [2.24, 2.45) is 17.8 Å². The fourth-order valence-electron chi connectivity index (χ4n) is 3.43. The Balaban J connectivity index is 1.57. The highest BCUT2D eigenvalue weighted by atomic mass is 16.2. The third-order valence-electron chi connectivity index (χ3n) is 4.70. The van der Waals surface area contributed by atoms with Crippen molar-refractivity contribution >= 4 is 11.8 Å². The first-order valence-corrected chi connectivity index (χ1v) is 8.32. The van der Waals surface area contributed by atoms with Gasteiger partial charge in [-0.1, -0.05) is 0 Å². The number of amides is 2. The third kappa shape index (κ3) is 3.12. The standard InChI is InChI=1S/C17H26N4O2/c1-10(2)21-8-13(18-9-21)16(23)20-6-11-12(7-20)14(11)15(22)19-17(3,4)5/h8-12,14H,6-7H2,1-5H3,(H,19,22)/t11-,12?,14?/m1/s1. The topological polar surface area (TPSA) is 67.2 Å². The summed E-state index contributed by atoms with van der Waals surface area (Å²) in [5.74, 6) is 0.809. The van der Waals surface area contributed by atoms with Gasteiger partial charge in [-0.2, -0.15) is 0 Å². The van der Waals surface area contributed by atoms with Gasteiger partial charge in [0.15, 0.2) is 0 Å². The lowest BCUT2D eigenvalue weighted by molar-refractivity contribution is -0.124. The molecule has 3 rings (SSSR count). The first-order valence-electron chi connectivity index (χ1n) is 8.32. The number of nitrogens with zero attached hydrogens (tertiary/aromatic N) is 3. The van der Waals surface area contributed by atoms with Crippen molar-refractivity contribution in [1.29, 1.82) is 0 Å². The number of hydrogen-bond acceptors (Lipinski definition) is 3. The summed E-state index contributed by atoms with van der Waals surface area (Å²) < 4.78 is 1.93. The van der Waals surface area contributed by atoms with Crippen molar-refractivity contribution < 1.29 is 9.59 Å². The molecule has 2 heterocycles. The van der Waals surface area contributed by atoms with Crippen LogP contribution in [0.1, 0.15) is 51.1 Å². The van der Waals surface area contributed by atoms with Gasteiger partial charge < -0.3 is 14.8 Å². The molecule has 2 unspecified atom stereocenters. The van der Waals surface area contributed by atoms with E-state index in [0.717, 1.165) is 0 Å². The SMILES string of the molecule is CC(C)n1cnc(C(=O)N2CC3C(C(=O)NC(C)(C)C)[C@@H]3C2)c1. The molecule has 1 aliphatic carbocycles. The van der Waals surface area contributed by atoms with E-state index < -0.39 is 0 Å². The summed E-state index contributed by atoms with van der Waals surface area (Å²) in [6, 6.07) is 0.293. The lowest BCUT2D eigenvalue weighted by Crippen LogP contribution is -2.43. The number of piperidine rings is 1. The lowest BCUT2D eigenvalue weighted by Gasteiger charge is -2.23. The Morgan fingerprint density at radius 1 is 1.26 bits per heavy atom. The molecule has 6 nitrogen and oxygen atoms in total. The molecule has 6 heteroatoms. The molecule has 2 amide bonds. The Morgan fingerprint density at radius 2 is 1.87 bits per heavy atom. The van der Waals surface area contributed by atoms with Crippen molar-refractivity contribution in [2.75, 3.05) is 13.1 Å². The van der Waals surface area contributed by atoms with Crippen LogP contribution in [-0.4, -0.2) is 44.9 Å². The molecule has 1 aromatic rings. The fourth-order valence-corrected chi connectivity index (χ4v) is 3.43. The van der Waals surface area contributed by atoms with E-state index in [1.807, 2.05) is 30.2 Å². The van der Waals surface area contributed by atoms with E-state index in [0.29, 0.717) is 36.7 Å². The van der Waals surface area contributed by atoms with E-state index in [-0.39, 0.29) is 23.3 Å². The van der Waals surface area contributed by atoms with Crippen LogP contribution in [0.3, 0.4) is 0 Å². The third-order valence-corrected chi connectivity index (χ3v) is 4.70. The maximum atomic E-state index is 12.5. The van der Waals surface area contributed by atoms with E-state index >= 15 is 0 Å². The van der Waals surface area contributed by atoms with E-state index in [9.17, 15) is 9.59 Å². The summed E-state index contributed by atoms with van der Waals surface area (Å²) in [6.45, 7) is 11.4. The van der Waals surface area contributed by atoms with Crippen molar-refractivity contribution in [2.45, 2.75) is 46.2 Å². The lowest BCUT2D eigenvalue weighted by atomic mass is 10.1. The number of carbonyl (C=O) groups excluding carboxylic acids is 2. The highest BCUT2D eigenvalue weighted by molar-refractivity contribution is 5.93. The van der Waals surface area contributed by atoms with Crippen LogP contribution in [0.2, 0.25) is 0 Å². The number of fused-ring (bicyclic) bond motifs is 1. The molecule has 0 spiro atoms. The van der Waals surface area contributed by atoms with Crippen molar-refractivity contribution in [3.8, 4) is 0 Å². The molecular weight excluding hydrogens is 292 g/mol. The zero-order chi connectivity index (χ0) is 16.9. The molecule has 0 aromatic carbocycles. The van der Waals surface area contributed by atoms with Crippen LogP contribution < -0.4 is 5.32 Å². The maximum Gasteiger partial charge on any atom is 0.274 e. The molecule has 126 valence electrons. The average Bonchev–Trinajstić information content (AvgIpc) is 2.83. The predicted molar refractivity (Wildman–Crippen MR) is 86.9 cm³/mol. The maximum absolute atomic E-state index is 12.5. The van der Waals surface area contributed by atoms with Gasteiger partial charge in [-0.25, -0.2) is 4.98 Å². The van der Waals surface area contributed by atoms with E-state index in [4.69, 9.17) is 0 Å². The van der Waals surface area contributed by atoms with Crippen molar-refractivity contribution in [3.05, 3.63) is 18.2 Å². The van der Waals surface area contributed by atoms with Gasteiger partial charge in [0, 0.05) is 36.8 Å². The molecular formula is C17H26N4O2. The van der Waals surface area contributed by atoms with Gasteiger partial charge in [-0.15, -0.1) is 0 Å².